The fourth-order valence-electron chi connectivity index (χ4n) is 3.17. The third-order valence-corrected chi connectivity index (χ3v) is 4.70. The lowest BCUT2D eigenvalue weighted by Crippen LogP contribution is -2.46. The second-order valence-electron chi connectivity index (χ2n) is 6.18. The van der Waals surface area contributed by atoms with E-state index in [-0.39, 0.29) is 5.56 Å². The van der Waals surface area contributed by atoms with E-state index < -0.39 is 53.0 Å². The fourth-order valence-corrected chi connectivity index (χ4v) is 3.17. The summed E-state index contributed by atoms with van der Waals surface area (Å²) in [5.41, 5.74) is -2.54. The molecule has 1 aromatic rings. The molecule has 0 aromatic heterocycles. The smallest absolute Gasteiger partial charge is 0.417 e. The van der Waals surface area contributed by atoms with Crippen molar-refractivity contribution in [2.45, 2.75) is 44.6 Å². The van der Waals surface area contributed by atoms with Crippen LogP contribution in [0.2, 0.25) is 0 Å². The van der Waals surface area contributed by atoms with Crippen LogP contribution in [0.25, 0.3) is 0 Å². The van der Waals surface area contributed by atoms with Crippen molar-refractivity contribution in [3.63, 3.8) is 0 Å². The number of benzene rings is 1. The van der Waals surface area contributed by atoms with Gasteiger partial charge < -0.3 is 14.2 Å². The predicted octanol–water partition coefficient (Wildman–Crippen LogP) is 3.72. The summed E-state index contributed by atoms with van der Waals surface area (Å²) in [6.45, 7) is 3.22. The molecule has 5 nitrogen and oxygen atoms in total. The molecule has 0 N–H and O–H groups in total. The van der Waals surface area contributed by atoms with Gasteiger partial charge in [-0.15, -0.1) is 0 Å². The Kier molecular flexibility index (Phi) is 5.19. The quantitative estimate of drug-likeness (QED) is 0.458. The zero-order chi connectivity index (χ0) is 19.9. The number of nitriles is 1. The number of carbonyl (C=O) groups excluding carboxylic acids is 1. The predicted molar refractivity (Wildman–Crippen MR) is 81.1 cm³/mol. The molecule has 0 aliphatic carbocycles. The molecule has 1 fully saturated rings. The first-order chi connectivity index (χ1) is 12.0. The third kappa shape index (κ3) is 3.09. The molecule has 9 heteroatoms. The van der Waals surface area contributed by atoms with Crippen LogP contribution < -0.4 is 9.47 Å². The lowest BCUT2D eigenvalue weighted by atomic mass is 9.77. The van der Waals surface area contributed by atoms with Crippen LogP contribution in [0.1, 0.15) is 32.3 Å². The Bertz CT molecular complexity index is 758. The average molecular weight is 375 g/mol. The van der Waals surface area contributed by atoms with Crippen LogP contribution in [-0.4, -0.2) is 31.0 Å². The number of halogens is 4. The SMILES string of the molecule is COc1c([C@H]2C(C#N)O[C@@](C)(C(F)(F)F)[C@H]2C)ccc(OC(C)=O)c1F. The zero-order valence-electron chi connectivity index (χ0n) is 14.5. The van der Waals surface area contributed by atoms with Gasteiger partial charge in [0.1, 0.15) is 0 Å². The van der Waals surface area contributed by atoms with Gasteiger partial charge in [-0.3, -0.25) is 4.79 Å². The second kappa shape index (κ2) is 6.76. The number of hydrogen-bond donors (Lipinski definition) is 0. The first kappa shape index (κ1) is 20.0. The minimum atomic E-state index is -4.72. The van der Waals surface area contributed by atoms with Crippen molar-refractivity contribution in [1.82, 2.24) is 0 Å². The summed E-state index contributed by atoms with van der Waals surface area (Å²) in [4.78, 5) is 11.0. The maximum absolute atomic E-state index is 14.6. The lowest BCUT2D eigenvalue weighted by Gasteiger charge is -2.31. The van der Waals surface area contributed by atoms with Gasteiger partial charge in [0.2, 0.25) is 5.82 Å². The Hall–Kier alpha value is -2.34. The molecular formula is C17H17F4NO4. The number of ether oxygens (including phenoxy) is 3. The van der Waals surface area contributed by atoms with Crippen LogP contribution in [0.5, 0.6) is 11.5 Å². The summed E-state index contributed by atoms with van der Waals surface area (Å²) >= 11 is 0. The summed E-state index contributed by atoms with van der Waals surface area (Å²) in [6.07, 6.45) is -6.18. The number of rotatable bonds is 3. The number of alkyl halides is 3. The van der Waals surface area contributed by atoms with Gasteiger partial charge in [-0.05, 0) is 13.0 Å². The number of nitrogens with zero attached hydrogens (tertiary/aromatic N) is 1. The van der Waals surface area contributed by atoms with Crippen molar-refractivity contribution >= 4 is 5.97 Å². The maximum Gasteiger partial charge on any atom is 0.417 e. The molecule has 0 saturated carbocycles. The molecule has 1 aliphatic rings. The summed E-state index contributed by atoms with van der Waals surface area (Å²) in [5.74, 6) is -4.91. The first-order valence-electron chi connectivity index (χ1n) is 7.66. The molecule has 0 bridgehead atoms. The number of esters is 1. The Morgan fingerprint density at radius 2 is 2.00 bits per heavy atom. The van der Waals surface area contributed by atoms with Crippen molar-refractivity contribution in [2.24, 2.45) is 5.92 Å². The second-order valence-corrected chi connectivity index (χ2v) is 6.18. The van der Waals surface area contributed by atoms with E-state index >= 15 is 0 Å². The molecule has 1 unspecified atom stereocenters. The highest BCUT2D eigenvalue weighted by Gasteiger charge is 2.64. The normalized spacial score (nSPS) is 28.5. The Labute approximate surface area is 147 Å². The van der Waals surface area contributed by atoms with E-state index in [9.17, 15) is 27.6 Å². The van der Waals surface area contributed by atoms with E-state index in [0.29, 0.717) is 0 Å². The molecule has 4 atom stereocenters. The highest BCUT2D eigenvalue weighted by molar-refractivity contribution is 5.69. The number of hydrogen-bond acceptors (Lipinski definition) is 5. The molecule has 0 amide bonds. The van der Waals surface area contributed by atoms with Crippen molar-refractivity contribution in [2.75, 3.05) is 7.11 Å². The van der Waals surface area contributed by atoms with Gasteiger partial charge in [-0.2, -0.15) is 22.8 Å². The first-order valence-corrected chi connectivity index (χ1v) is 7.66. The van der Waals surface area contributed by atoms with Crippen molar-refractivity contribution in [3.8, 4) is 17.6 Å². The Balaban J connectivity index is 2.58. The van der Waals surface area contributed by atoms with E-state index in [1.165, 1.54) is 13.0 Å². The molecule has 1 heterocycles. The summed E-state index contributed by atoms with van der Waals surface area (Å²) in [6, 6.07) is 4.09. The van der Waals surface area contributed by atoms with E-state index in [2.05, 4.69) is 0 Å². The van der Waals surface area contributed by atoms with Crippen LogP contribution in [-0.2, 0) is 9.53 Å². The van der Waals surface area contributed by atoms with Gasteiger partial charge in [-0.1, -0.05) is 13.0 Å². The van der Waals surface area contributed by atoms with Gasteiger partial charge in [-0.25, -0.2) is 0 Å². The Morgan fingerprint density at radius 1 is 1.38 bits per heavy atom. The van der Waals surface area contributed by atoms with E-state index in [1.54, 1.807) is 6.07 Å². The standard InChI is InChI=1S/C17H17F4NO4/c1-8-13(12(7-22)26-16(8,3)17(19,20)21)10-5-6-11(25-9(2)23)14(18)15(10)24-4/h5-6,8,12-13H,1-4H3/t8-,12?,13-,16+/m0/s1. The number of carbonyl (C=O) groups is 1. The van der Waals surface area contributed by atoms with E-state index in [1.807, 2.05) is 0 Å². The topological polar surface area (TPSA) is 68.6 Å². The van der Waals surface area contributed by atoms with Crippen LogP contribution in [0.3, 0.4) is 0 Å². The van der Waals surface area contributed by atoms with Gasteiger partial charge in [0.25, 0.3) is 0 Å². The van der Waals surface area contributed by atoms with E-state index in [4.69, 9.17) is 14.2 Å². The molecule has 1 aromatic carbocycles. The lowest BCUT2D eigenvalue weighted by molar-refractivity contribution is -0.270. The minimum absolute atomic E-state index is 0.0351. The van der Waals surface area contributed by atoms with Gasteiger partial charge in [0.05, 0.1) is 13.2 Å². The van der Waals surface area contributed by atoms with Crippen LogP contribution in [0.4, 0.5) is 17.6 Å². The molecule has 1 aliphatic heterocycles. The zero-order valence-corrected chi connectivity index (χ0v) is 14.5. The minimum Gasteiger partial charge on any atom is -0.493 e. The highest BCUT2D eigenvalue weighted by atomic mass is 19.4. The van der Waals surface area contributed by atoms with Crippen molar-refractivity contribution in [3.05, 3.63) is 23.5 Å². The van der Waals surface area contributed by atoms with Crippen molar-refractivity contribution in [1.29, 1.82) is 5.26 Å². The van der Waals surface area contributed by atoms with Crippen molar-refractivity contribution < 1.29 is 36.6 Å². The van der Waals surface area contributed by atoms with Gasteiger partial charge >= 0.3 is 12.1 Å². The third-order valence-electron chi connectivity index (χ3n) is 4.70. The average Bonchev–Trinajstić information content (AvgIpc) is 2.81. The number of methoxy groups -OCH3 is 1. The summed E-state index contributed by atoms with van der Waals surface area (Å²) in [5, 5.41) is 9.27. The molecule has 0 radical (unpaired) electrons. The molecule has 142 valence electrons. The molecule has 1 saturated heterocycles. The largest absolute Gasteiger partial charge is 0.493 e. The van der Waals surface area contributed by atoms with Gasteiger partial charge in [0, 0.05) is 24.3 Å². The van der Waals surface area contributed by atoms with Crippen LogP contribution >= 0.6 is 0 Å². The summed E-state index contributed by atoms with van der Waals surface area (Å²) in [7, 11) is 1.13. The van der Waals surface area contributed by atoms with Crippen LogP contribution in [0.15, 0.2) is 12.1 Å². The monoisotopic (exact) mass is 375 g/mol. The fraction of sp³-hybridized carbons (Fsp3) is 0.529. The molecule has 26 heavy (non-hydrogen) atoms. The van der Waals surface area contributed by atoms with E-state index in [0.717, 1.165) is 27.0 Å². The van der Waals surface area contributed by atoms with Crippen LogP contribution in [0, 0.1) is 23.1 Å². The molecule has 0 spiro atoms. The maximum atomic E-state index is 14.6. The van der Waals surface area contributed by atoms with Gasteiger partial charge in [0.15, 0.2) is 23.2 Å². The molecule has 2 rings (SSSR count). The Morgan fingerprint density at radius 3 is 2.46 bits per heavy atom. The highest BCUT2D eigenvalue weighted by Crippen LogP contribution is 2.54. The molecular weight excluding hydrogens is 358 g/mol. The summed E-state index contributed by atoms with van der Waals surface area (Å²) < 4.78 is 69.7.